The molecule has 0 N–H and O–H groups in total. The van der Waals surface area contributed by atoms with E-state index in [1.54, 1.807) is 0 Å². The quantitative estimate of drug-likeness (QED) is 0.526. The summed E-state index contributed by atoms with van der Waals surface area (Å²) in [5.41, 5.74) is 0.281. The van der Waals surface area contributed by atoms with Gasteiger partial charge in [-0.2, -0.15) is 0 Å². The van der Waals surface area contributed by atoms with Gasteiger partial charge in [-0.1, -0.05) is 0 Å². The highest BCUT2D eigenvalue weighted by molar-refractivity contribution is 4.92. The Kier molecular flexibility index (Phi) is 1.35. The summed E-state index contributed by atoms with van der Waals surface area (Å²) < 4.78 is 5.74. The number of hydrogen-bond donors (Lipinski definition) is 0. The summed E-state index contributed by atoms with van der Waals surface area (Å²) in [6.07, 6.45) is 2.48. The molecule has 54 valence electrons. The molecule has 0 spiro atoms. The van der Waals surface area contributed by atoms with Gasteiger partial charge in [-0.05, 0) is 40.5 Å². The van der Waals surface area contributed by atoms with Crippen molar-refractivity contribution in [1.82, 2.24) is 0 Å². The second-order valence-corrected chi connectivity index (χ2v) is 4.16. The second kappa shape index (κ2) is 1.72. The Labute approximate surface area is 57.4 Å². The van der Waals surface area contributed by atoms with Crippen LogP contribution in [0.15, 0.2) is 0 Å². The zero-order valence-corrected chi connectivity index (χ0v) is 6.82. The molecule has 0 saturated heterocycles. The van der Waals surface area contributed by atoms with Crippen molar-refractivity contribution in [3.05, 3.63) is 0 Å². The minimum atomic E-state index is 0.0469. The monoisotopic (exact) mass is 128 g/mol. The zero-order valence-electron chi connectivity index (χ0n) is 6.82. The van der Waals surface area contributed by atoms with Gasteiger partial charge in [-0.25, -0.2) is 0 Å². The SMILES string of the molecule is CC(C)(C)OC1(C)CC1. The first kappa shape index (κ1) is 7.07. The van der Waals surface area contributed by atoms with E-state index >= 15 is 0 Å². The maximum absolute atomic E-state index is 5.74. The first-order chi connectivity index (χ1) is 3.91. The van der Waals surface area contributed by atoms with Crippen molar-refractivity contribution >= 4 is 0 Å². The maximum atomic E-state index is 5.74. The molecule has 1 fully saturated rings. The molecule has 0 aromatic heterocycles. The smallest absolute Gasteiger partial charge is 0.0663 e. The van der Waals surface area contributed by atoms with Crippen molar-refractivity contribution in [3.8, 4) is 0 Å². The molecular weight excluding hydrogens is 112 g/mol. The minimum absolute atomic E-state index is 0.0469. The van der Waals surface area contributed by atoms with Crippen LogP contribution >= 0.6 is 0 Å². The lowest BCUT2D eigenvalue weighted by Gasteiger charge is -2.24. The molecule has 1 heteroatoms. The fourth-order valence-corrected chi connectivity index (χ4v) is 1.02. The second-order valence-electron chi connectivity index (χ2n) is 4.16. The van der Waals surface area contributed by atoms with Gasteiger partial charge in [0.2, 0.25) is 0 Å². The van der Waals surface area contributed by atoms with Gasteiger partial charge in [0.05, 0.1) is 11.2 Å². The van der Waals surface area contributed by atoms with E-state index in [9.17, 15) is 0 Å². The molecule has 0 heterocycles. The highest BCUT2D eigenvalue weighted by Gasteiger charge is 2.41. The first-order valence-electron chi connectivity index (χ1n) is 3.62. The number of hydrogen-bond acceptors (Lipinski definition) is 1. The number of rotatable bonds is 1. The Morgan fingerprint density at radius 3 is 1.78 bits per heavy atom. The Balaban J connectivity index is 2.33. The van der Waals surface area contributed by atoms with Crippen molar-refractivity contribution in [2.24, 2.45) is 0 Å². The zero-order chi connectivity index (χ0) is 7.12. The lowest BCUT2D eigenvalue weighted by molar-refractivity contribution is -0.0666. The normalized spacial score (nSPS) is 24.0. The molecule has 9 heavy (non-hydrogen) atoms. The van der Waals surface area contributed by atoms with Crippen molar-refractivity contribution in [2.75, 3.05) is 0 Å². The van der Waals surface area contributed by atoms with Gasteiger partial charge >= 0.3 is 0 Å². The lowest BCUT2D eigenvalue weighted by Crippen LogP contribution is -2.26. The van der Waals surface area contributed by atoms with Crippen molar-refractivity contribution < 1.29 is 4.74 Å². The van der Waals surface area contributed by atoms with Gasteiger partial charge in [0, 0.05) is 0 Å². The predicted molar refractivity (Wildman–Crippen MR) is 38.5 cm³/mol. The van der Waals surface area contributed by atoms with E-state index in [4.69, 9.17) is 4.74 Å². The van der Waals surface area contributed by atoms with Crippen LogP contribution in [-0.4, -0.2) is 11.2 Å². The third kappa shape index (κ3) is 2.35. The van der Waals surface area contributed by atoms with E-state index in [0.717, 1.165) is 0 Å². The van der Waals surface area contributed by atoms with Crippen LogP contribution in [0.25, 0.3) is 0 Å². The van der Waals surface area contributed by atoms with E-state index in [0.29, 0.717) is 0 Å². The third-order valence-electron chi connectivity index (χ3n) is 1.51. The fourth-order valence-electron chi connectivity index (χ4n) is 1.02. The molecule has 1 saturated carbocycles. The van der Waals surface area contributed by atoms with Gasteiger partial charge in [0.1, 0.15) is 0 Å². The van der Waals surface area contributed by atoms with Crippen LogP contribution in [0.1, 0.15) is 40.5 Å². The molecule has 0 aromatic carbocycles. The molecule has 0 bridgehead atoms. The van der Waals surface area contributed by atoms with Crippen LogP contribution in [0.3, 0.4) is 0 Å². The van der Waals surface area contributed by atoms with Crippen molar-refractivity contribution in [3.63, 3.8) is 0 Å². The van der Waals surface area contributed by atoms with E-state index in [1.165, 1.54) is 12.8 Å². The molecule has 0 aliphatic heterocycles. The fraction of sp³-hybridized carbons (Fsp3) is 1.00. The lowest BCUT2D eigenvalue weighted by atomic mass is 10.2. The average molecular weight is 128 g/mol. The maximum Gasteiger partial charge on any atom is 0.0663 e. The topological polar surface area (TPSA) is 9.23 Å². The Morgan fingerprint density at radius 2 is 1.67 bits per heavy atom. The van der Waals surface area contributed by atoms with E-state index < -0.39 is 0 Å². The average Bonchev–Trinajstić information content (AvgIpc) is 2.12. The molecule has 0 aromatic rings. The summed E-state index contributed by atoms with van der Waals surface area (Å²) in [5.74, 6) is 0. The van der Waals surface area contributed by atoms with Gasteiger partial charge < -0.3 is 4.74 Å². The highest BCUT2D eigenvalue weighted by atomic mass is 16.5. The summed E-state index contributed by atoms with van der Waals surface area (Å²) in [4.78, 5) is 0. The van der Waals surface area contributed by atoms with Crippen LogP contribution in [0.5, 0.6) is 0 Å². The summed E-state index contributed by atoms with van der Waals surface area (Å²) in [6.45, 7) is 8.50. The summed E-state index contributed by atoms with van der Waals surface area (Å²) in [6, 6.07) is 0. The molecule has 1 aliphatic rings. The molecule has 0 radical (unpaired) electrons. The van der Waals surface area contributed by atoms with Crippen molar-refractivity contribution in [1.29, 1.82) is 0 Å². The summed E-state index contributed by atoms with van der Waals surface area (Å²) in [5, 5.41) is 0. The first-order valence-corrected chi connectivity index (χ1v) is 3.62. The Bertz CT molecular complexity index is 103. The molecule has 1 rings (SSSR count). The van der Waals surface area contributed by atoms with Crippen molar-refractivity contribution in [2.45, 2.75) is 51.7 Å². The van der Waals surface area contributed by atoms with Gasteiger partial charge in [-0.3, -0.25) is 0 Å². The predicted octanol–water partition coefficient (Wildman–Crippen LogP) is 2.35. The molecule has 1 aliphatic carbocycles. The van der Waals surface area contributed by atoms with Crippen LogP contribution in [0.4, 0.5) is 0 Å². The van der Waals surface area contributed by atoms with E-state index in [1.807, 2.05) is 0 Å². The van der Waals surface area contributed by atoms with Gasteiger partial charge in [-0.15, -0.1) is 0 Å². The van der Waals surface area contributed by atoms with Gasteiger partial charge in [0.25, 0.3) is 0 Å². The largest absolute Gasteiger partial charge is 0.370 e. The molecule has 0 unspecified atom stereocenters. The van der Waals surface area contributed by atoms with Crippen LogP contribution in [-0.2, 0) is 4.74 Å². The van der Waals surface area contributed by atoms with E-state index in [2.05, 4.69) is 27.7 Å². The molecular formula is C8H16O. The van der Waals surface area contributed by atoms with Crippen LogP contribution < -0.4 is 0 Å². The van der Waals surface area contributed by atoms with Crippen LogP contribution in [0, 0.1) is 0 Å². The highest BCUT2D eigenvalue weighted by Crippen LogP contribution is 2.41. The Hall–Kier alpha value is -0.0400. The summed E-state index contributed by atoms with van der Waals surface area (Å²) >= 11 is 0. The van der Waals surface area contributed by atoms with E-state index in [-0.39, 0.29) is 11.2 Å². The number of ether oxygens (including phenoxy) is 1. The molecule has 0 atom stereocenters. The summed E-state index contributed by atoms with van der Waals surface area (Å²) in [7, 11) is 0. The van der Waals surface area contributed by atoms with Gasteiger partial charge in [0.15, 0.2) is 0 Å². The molecule has 1 nitrogen and oxygen atoms in total. The van der Waals surface area contributed by atoms with Crippen LogP contribution in [0.2, 0.25) is 0 Å². The standard InChI is InChI=1S/C8H16O/c1-7(2,3)9-8(4)5-6-8/h5-6H2,1-4H3. The third-order valence-corrected chi connectivity index (χ3v) is 1.51. The minimum Gasteiger partial charge on any atom is -0.370 e. The Morgan fingerprint density at radius 1 is 1.22 bits per heavy atom. The molecule has 0 amide bonds.